The molecule has 0 saturated carbocycles. The van der Waals surface area contributed by atoms with E-state index in [1.165, 1.54) is 4.90 Å². The molecule has 0 spiro atoms. The highest BCUT2D eigenvalue weighted by molar-refractivity contribution is 5.80. The molecule has 0 bridgehead atoms. The van der Waals surface area contributed by atoms with Crippen molar-refractivity contribution in [3.05, 3.63) is 30.1 Å². The van der Waals surface area contributed by atoms with Crippen molar-refractivity contribution < 1.29 is 13.2 Å². The molecular formula is C18H25F3N6. The van der Waals surface area contributed by atoms with Gasteiger partial charge in [0.1, 0.15) is 12.4 Å². The Bertz CT molecular complexity index is 798. The summed E-state index contributed by atoms with van der Waals surface area (Å²) in [5.74, 6) is 1.43. The van der Waals surface area contributed by atoms with Gasteiger partial charge in [-0.1, -0.05) is 12.1 Å². The first-order valence-corrected chi connectivity index (χ1v) is 9.10. The number of hydrogen-bond donors (Lipinski definition) is 2. The number of halogens is 3. The van der Waals surface area contributed by atoms with Crippen LogP contribution in [0.4, 0.5) is 13.2 Å². The highest BCUT2D eigenvalue weighted by Crippen LogP contribution is 2.20. The number of aromatic nitrogens is 2. The van der Waals surface area contributed by atoms with Crippen molar-refractivity contribution in [3.8, 4) is 0 Å². The Morgan fingerprint density at radius 3 is 2.81 bits per heavy atom. The second-order valence-electron chi connectivity index (χ2n) is 6.75. The summed E-state index contributed by atoms with van der Waals surface area (Å²) in [6.45, 7) is 2.94. The number of benzene rings is 1. The second kappa shape index (κ2) is 8.16. The van der Waals surface area contributed by atoms with Crippen molar-refractivity contribution in [2.24, 2.45) is 12.0 Å². The Kier molecular flexibility index (Phi) is 5.88. The molecule has 0 amide bonds. The molecule has 1 saturated heterocycles. The predicted molar refractivity (Wildman–Crippen MR) is 99.6 cm³/mol. The molecule has 1 atom stereocenters. The van der Waals surface area contributed by atoms with Crippen LogP contribution in [-0.4, -0.2) is 58.8 Å². The van der Waals surface area contributed by atoms with E-state index in [9.17, 15) is 13.2 Å². The van der Waals surface area contributed by atoms with Gasteiger partial charge in [-0.15, -0.1) is 0 Å². The number of aryl methyl sites for hydroxylation is 1. The third-order valence-electron chi connectivity index (χ3n) is 4.62. The number of fused-ring (bicyclic) bond motifs is 1. The molecule has 1 aromatic heterocycles. The van der Waals surface area contributed by atoms with E-state index in [0.717, 1.165) is 16.9 Å². The normalized spacial score (nSPS) is 19.0. The molecule has 1 fully saturated rings. The fourth-order valence-electron chi connectivity index (χ4n) is 3.35. The summed E-state index contributed by atoms with van der Waals surface area (Å²) >= 11 is 0. The van der Waals surface area contributed by atoms with Gasteiger partial charge < -0.3 is 15.2 Å². The predicted octanol–water partition coefficient (Wildman–Crippen LogP) is 2.26. The van der Waals surface area contributed by atoms with Crippen LogP contribution < -0.4 is 10.6 Å². The average Bonchev–Trinajstić information content (AvgIpc) is 3.16. The van der Waals surface area contributed by atoms with Crippen LogP contribution >= 0.6 is 0 Å². The lowest BCUT2D eigenvalue weighted by Gasteiger charge is -2.19. The standard InChI is InChI=1S/C18H25F3N6/c1-3-22-17(24-13-8-9-27(11-13)12-18(19,20)21)23-10-16-25-14-6-4-5-7-15(14)26(16)2/h4-7,13H,3,8-12H2,1-2H3,(H2,22,23,24). The van der Waals surface area contributed by atoms with Crippen LogP contribution in [0.5, 0.6) is 0 Å². The summed E-state index contributed by atoms with van der Waals surface area (Å²) < 4.78 is 39.6. The van der Waals surface area contributed by atoms with Gasteiger partial charge in [-0.3, -0.25) is 4.90 Å². The Morgan fingerprint density at radius 2 is 2.11 bits per heavy atom. The zero-order chi connectivity index (χ0) is 19.4. The van der Waals surface area contributed by atoms with Gasteiger partial charge in [0.05, 0.1) is 17.6 Å². The van der Waals surface area contributed by atoms with Gasteiger partial charge in [0, 0.05) is 32.7 Å². The fourth-order valence-corrected chi connectivity index (χ4v) is 3.35. The molecule has 3 rings (SSSR count). The van der Waals surface area contributed by atoms with Gasteiger partial charge in [-0.25, -0.2) is 9.98 Å². The summed E-state index contributed by atoms with van der Waals surface area (Å²) in [4.78, 5) is 10.6. The maximum atomic E-state index is 12.5. The van der Waals surface area contributed by atoms with E-state index < -0.39 is 12.7 Å². The third-order valence-corrected chi connectivity index (χ3v) is 4.62. The van der Waals surface area contributed by atoms with Crippen molar-refractivity contribution in [2.45, 2.75) is 32.1 Å². The first kappa shape index (κ1) is 19.5. The number of guanidine groups is 1. The lowest BCUT2D eigenvalue weighted by atomic mass is 10.3. The molecule has 2 N–H and O–H groups in total. The maximum absolute atomic E-state index is 12.5. The van der Waals surface area contributed by atoms with Crippen molar-refractivity contribution in [3.63, 3.8) is 0 Å². The summed E-state index contributed by atoms with van der Waals surface area (Å²) in [6, 6.07) is 7.83. The molecule has 1 aliphatic heterocycles. The van der Waals surface area contributed by atoms with E-state index in [0.29, 0.717) is 38.6 Å². The lowest BCUT2D eigenvalue weighted by molar-refractivity contribution is -0.143. The summed E-state index contributed by atoms with van der Waals surface area (Å²) in [5.41, 5.74) is 1.96. The van der Waals surface area contributed by atoms with E-state index in [1.54, 1.807) is 0 Å². The third kappa shape index (κ3) is 5.12. The quantitative estimate of drug-likeness (QED) is 0.615. The Balaban J connectivity index is 1.64. The fraction of sp³-hybridized carbons (Fsp3) is 0.556. The van der Waals surface area contributed by atoms with Crippen molar-refractivity contribution in [1.29, 1.82) is 0 Å². The zero-order valence-electron chi connectivity index (χ0n) is 15.6. The minimum absolute atomic E-state index is 0.0504. The number of hydrogen-bond acceptors (Lipinski definition) is 3. The number of rotatable bonds is 5. The van der Waals surface area contributed by atoms with Crippen LogP contribution in [0.3, 0.4) is 0 Å². The monoisotopic (exact) mass is 382 g/mol. The second-order valence-corrected chi connectivity index (χ2v) is 6.75. The van der Waals surface area contributed by atoms with Gasteiger partial charge in [0.25, 0.3) is 0 Å². The Morgan fingerprint density at radius 1 is 1.33 bits per heavy atom. The Hall–Kier alpha value is -2.29. The van der Waals surface area contributed by atoms with E-state index >= 15 is 0 Å². The number of para-hydroxylation sites is 2. The van der Waals surface area contributed by atoms with Gasteiger partial charge in [0.15, 0.2) is 5.96 Å². The molecule has 2 aromatic rings. The van der Waals surface area contributed by atoms with Gasteiger partial charge >= 0.3 is 6.18 Å². The van der Waals surface area contributed by atoms with Crippen molar-refractivity contribution >= 4 is 17.0 Å². The molecule has 2 heterocycles. The molecule has 0 radical (unpaired) electrons. The van der Waals surface area contributed by atoms with Crippen LogP contribution in [-0.2, 0) is 13.6 Å². The SMILES string of the molecule is CCNC(=NCc1nc2ccccc2n1C)NC1CCN(CC(F)(F)F)C1. The molecule has 6 nitrogen and oxygen atoms in total. The highest BCUT2D eigenvalue weighted by atomic mass is 19.4. The minimum atomic E-state index is -4.16. The van der Waals surface area contributed by atoms with E-state index in [-0.39, 0.29) is 6.04 Å². The van der Waals surface area contributed by atoms with E-state index in [2.05, 4.69) is 20.6 Å². The highest BCUT2D eigenvalue weighted by Gasteiger charge is 2.34. The smallest absolute Gasteiger partial charge is 0.357 e. The zero-order valence-corrected chi connectivity index (χ0v) is 15.6. The number of imidazole rings is 1. The molecule has 9 heteroatoms. The number of alkyl halides is 3. The minimum Gasteiger partial charge on any atom is -0.357 e. The lowest BCUT2D eigenvalue weighted by Crippen LogP contribution is -2.45. The number of nitrogens with zero attached hydrogens (tertiary/aromatic N) is 4. The molecule has 1 aromatic carbocycles. The maximum Gasteiger partial charge on any atom is 0.401 e. The Labute approximate surface area is 156 Å². The molecule has 27 heavy (non-hydrogen) atoms. The molecule has 1 unspecified atom stereocenters. The molecule has 148 valence electrons. The summed E-state index contributed by atoms with van der Waals surface area (Å²) in [6.07, 6.45) is -3.50. The van der Waals surface area contributed by atoms with Gasteiger partial charge in [-0.2, -0.15) is 13.2 Å². The number of likely N-dealkylation sites (tertiary alicyclic amines) is 1. The van der Waals surface area contributed by atoms with Gasteiger partial charge in [-0.05, 0) is 25.5 Å². The molecular weight excluding hydrogens is 357 g/mol. The van der Waals surface area contributed by atoms with Crippen LogP contribution in [0.25, 0.3) is 11.0 Å². The number of aliphatic imine (C=N–C) groups is 1. The van der Waals surface area contributed by atoms with E-state index in [4.69, 9.17) is 0 Å². The van der Waals surface area contributed by atoms with Crippen LogP contribution in [0.2, 0.25) is 0 Å². The van der Waals surface area contributed by atoms with Crippen molar-refractivity contribution in [1.82, 2.24) is 25.1 Å². The first-order chi connectivity index (χ1) is 12.9. The first-order valence-electron chi connectivity index (χ1n) is 9.10. The van der Waals surface area contributed by atoms with E-state index in [1.807, 2.05) is 42.8 Å². The number of nitrogens with one attached hydrogen (secondary N) is 2. The van der Waals surface area contributed by atoms with Crippen LogP contribution in [0, 0.1) is 0 Å². The molecule has 1 aliphatic rings. The van der Waals surface area contributed by atoms with Crippen LogP contribution in [0.15, 0.2) is 29.3 Å². The summed E-state index contributed by atoms with van der Waals surface area (Å²) in [5, 5.41) is 6.41. The van der Waals surface area contributed by atoms with Crippen LogP contribution in [0.1, 0.15) is 19.2 Å². The summed E-state index contributed by atoms with van der Waals surface area (Å²) in [7, 11) is 1.95. The van der Waals surface area contributed by atoms with Crippen molar-refractivity contribution in [2.75, 3.05) is 26.2 Å². The topological polar surface area (TPSA) is 57.5 Å². The van der Waals surface area contributed by atoms with Gasteiger partial charge in [0.2, 0.25) is 0 Å². The average molecular weight is 382 g/mol. The largest absolute Gasteiger partial charge is 0.401 e. The molecule has 0 aliphatic carbocycles.